The lowest BCUT2D eigenvalue weighted by atomic mass is 10.0. The van der Waals surface area contributed by atoms with Crippen LogP contribution < -0.4 is 4.74 Å². The van der Waals surface area contributed by atoms with Crippen molar-refractivity contribution < 1.29 is 14.3 Å². The Bertz CT molecular complexity index is 705. The van der Waals surface area contributed by atoms with Gasteiger partial charge in [-0.2, -0.15) is 5.26 Å². The molecule has 0 fully saturated rings. The summed E-state index contributed by atoms with van der Waals surface area (Å²) in [5, 5.41) is 9.27. The predicted molar refractivity (Wildman–Crippen MR) is 75.8 cm³/mol. The molecule has 0 atom stereocenters. The molecule has 0 aliphatic rings. The summed E-state index contributed by atoms with van der Waals surface area (Å²) >= 11 is 0. The van der Waals surface area contributed by atoms with Gasteiger partial charge in [0.25, 0.3) is 0 Å². The molecule has 0 aliphatic heterocycles. The lowest BCUT2D eigenvalue weighted by Crippen LogP contribution is -2.08. The fourth-order valence-corrected chi connectivity index (χ4v) is 1.91. The maximum absolute atomic E-state index is 11.6. The minimum atomic E-state index is -0.536. The average molecular weight is 282 g/mol. The summed E-state index contributed by atoms with van der Waals surface area (Å²) in [4.78, 5) is 15.8. The highest BCUT2D eigenvalue weighted by atomic mass is 16.5. The molecule has 1 heterocycles. The topological polar surface area (TPSA) is 72.2 Å². The molecule has 5 heteroatoms. The Balaban J connectivity index is 2.27. The normalized spacial score (nSPS) is 9.76. The van der Waals surface area contributed by atoms with Gasteiger partial charge in [0.2, 0.25) is 0 Å². The Morgan fingerprint density at radius 2 is 2.14 bits per heavy atom. The van der Waals surface area contributed by atoms with Crippen LogP contribution in [0.2, 0.25) is 0 Å². The molecule has 0 aliphatic carbocycles. The first-order chi connectivity index (χ1) is 10.2. The second kappa shape index (κ2) is 6.53. The Morgan fingerprint density at radius 1 is 1.33 bits per heavy atom. The molecule has 2 aromatic rings. The number of carbonyl (C=O) groups excluding carboxylic acids is 1. The Labute approximate surface area is 122 Å². The van der Waals surface area contributed by atoms with E-state index in [1.54, 1.807) is 36.5 Å². The number of methoxy groups -OCH3 is 1. The summed E-state index contributed by atoms with van der Waals surface area (Å²) in [6.07, 6.45) is 1.68. The third-order valence-electron chi connectivity index (χ3n) is 3.01. The summed E-state index contributed by atoms with van der Waals surface area (Å²) in [5.74, 6) is 0.107. The van der Waals surface area contributed by atoms with Gasteiger partial charge in [0, 0.05) is 11.8 Å². The van der Waals surface area contributed by atoms with Gasteiger partial charge in [-0.15, -0.1) is 0 Å². The van der Waals surface area contributed by atoms with Crippen molar-refractivity contribution in [2.45, 2.75) is 13.5 Å². The first-order valence-corrected chi connectivity index (χ1v) is 6.32. The zero-order valence-corrected chi connectivity index (χ0v) is 11.8. The number of ether oxygens (including phenoxy) is 2. The molecule has 0 saturated carbocycles. The van der Waals surface area contributed by atoms with Crippen LogP contribution in [0.1, 0.15) is 27.2 Å². The Hall–Kier alpha value is -2.87. The second-order valence-electron chi connectivity index (χ2n) is 4.32. The van der Waals surface area contributed by atoms with Gasteiger partial charge in [0.1, 0.15) is 18.4 Å². The summed E-state index contributed by atoms with van der Waals surface area (Å²) in [6.45, 7) is 2.02. The van der Waals surface area contributed by atoms with E-state index < -0.39 is 5.97 Å². The number of aromatic nitrogens is 1. The van der Waals surface area contributed by atoms with Gasteiger partial charge < -0.3 is 9.47 Å². The molecule has 5 nitrogen and oxygen atoms in total. The van der Waals surface area contributed by atoms with Gasteiger partial charge in [0.15, 0.2) is 0 Å². The van der Waals surface area contributed by atoms with Crippen LogP contribution in [0.25, 0.3) is 0 Å². The maximum Gasteiger partial charge on any atom is 0.339 e. The van der Waals surface area contributed by atoms with Crippen molar-refractivity contribution in [2.24, 2.45) is 0 Å². The molecule has 0 radical (unpaired) electrons. The van der Waals surface area contributed by atoms with Crippen molar-refractivity contribution in [1.29, 1.82) is 5.26 Å². The number of hydrogen-bond acceptors (Lipinski definition) is 5. The molecule has 21 heavy (non-hydrogen) atoms. The lowest BCUT2D eigenvalue weighted by Gasteiger charge is -2.11. The quantitative estimate of drug-likeness (QED) is 0.806. The Kier molecular flexibility index (Phi) is 4.52. The van der Waals surface area contributed by atoms with Crippen molar-refractivity contribution in [2.75, 3.05) is 7.11 Å². The number of nitriles is 1. The molecule has 1 aromatic carbocycles. The monoisotopic (exact) mass is 282 g/mol. The van der Waals surface area contributed by atoms with E-state index in [-0.39, 0.29) is 17.7 Å². The van der Waals surface area contributed by atoms with Crippen LogP contribution in [0.5, 0.6) is 5.75 Å². The zero-order valence-electron chi connectivity index (χ0n) is 11.8. The maximum atomic E-state index is 11.6. The molecule has 0 unspecified atom stereocenters. The summed E-state index contributed by atoms with van der Waals surface area (Å²) < 4.78 is 10.3. The van der Waals surface area contributed by atoms with Gasteiger partial charge in [-0.05, 0) is 25.1 Å². The molecule has 1 aromatic heterocycles. The van der Waals surface area contributed by atoms with Gasteiger partial charge in [-0.25, -0.2) is 4.79 Å². The third kappa shape index (κ3) is 3.18. The van der Waals surface area contributed by atoms with Gasteiger partial charge in [-0.3, -0.25) is 4.98 Å². The SMILES string of the molecule is COC(=O)c1cccc(COc2cccnc2C)c1C#N. The van der Waals surface area contributed by atoms with E-state index in [4.69, 9.17) is 4.74 Å². The summed E-state index contributed by atoms with van der Waals surface area (Å²) in [5.41, 5.74) is 1.90. The van der Waals surface area contributed by atoms with E-state index in [9.17, 15) is 10.1 Å². The van der Waals surface area contributed by atoms with Crippen molar-refractivity contribution >= 4 is 5.97 Å². The minimum absolute atomic E-state index is 0.181. The largest absolute Gasteiger partial charge is 0.487 e. The standard InChI is InChI=1S/C16H14N2O3/c1-11-15(7-4-8-18-11)21-10-12-5-3-6-13(14(12)9-17)16(19)20-2/h3-8H,10H2,1-2H3. The molecule has 106 valence electrons. The van der Waals surface area contributed by atoms with Crippen molar-refractivity contribution in [3.63, 3.8) is 0 Å². The number of nitrogens with zero attached hydrogens (tertiary/aromatic N) is 2. The Morgan fingerprint density at radius 3 is 2.81 bits per heavy atom. The number of benzene rings is 1. The fourth-order valence-electron chi connectivity index (χ4n) is 1.91. The van der Waals surface area contributed by atoms with Crippen molar-refractivity contribution in [1.82, 2.24) is 4.98 Å². The summed E-state index contributed by atoms with van der Waals surface area (Å²) in [7, 11) is 1.28. The third-order valence-corrected chi connectivity index (χ3v) is 3.01. The van der Waals surface area contributed by atoms with Crippen molar-refractivity contribution in [3.05, 3.63) is 58.9 Å². The molecule has 2 rings (SSSR count). The predicted octanol–water partition coefficient (Wildman–Crippen LogP) is 2.63. The highest BCUT2D eigenvalue weighted by Gasteiger charge is 2.15. The zero-order chi connectivity index (χ0) is 15.2. The highest BCUT2D eigenvalue weighted by Crippen LogP contribution is 2.19. The number of carbonyl (C=O) groups is 1. The average Bonchev–Trinajstić information content (AvgIpc) is 2.52. The van der Waals surface area contributed by atoms with E-state index in [0.717, 1.165) is 5.69 Å². The van der Waals surface area contributed by atoms with Crippen LogP contribution in [0.4, 0.5) is 0 Å². The van der Waals surface area contributed by atoms with E-state index in [0.29, 0.717) is 11.3 Å². The lowest BCUT2D eigenvalue weighted by molar-refractivity contribution is 0.0600. The molecule has 0 N–H and O–H groups in total. The van der Waals surface area contributed by atoms with Crippen LogP contribution >= 0.6 is 0 Å². The number of esters is 1. The molecule has 0 spiro atoms. The van der Waals surface area contributed by atoms with Crippen LogP contribution in [0.3, 0.4) is 0 Å². The van der Waals surface area contributed by atoms with Crippen LogP contribution in [0.15, 0.2) is 36.5 Å². The molecular formula is C16H14N2O3. The van der Waals surface area contributed by atoms with E-state index in [2.05, 4.69) is 9.72 Å². The van der Waals surface area contributed by atoms with Gasteiger partial charge in [0.05, 0.1) is 23.9 Å². The number of aryl methyl sites for hydroxylation is 1. The van der Waals surface area contributed by atoms with E-state index in [1.165, 1.54) is 7.11 Å². The summed E-state index contributed by atoms with van der Waals surface area (Å²) in [6, 6.07) is 10.6. The first-order valence-electron chi connectivity index (χ1n) is 6.32. The van der Waals surface area contributed by atoms with E-state index >= 15 is 0 Å². The van der Waals surface area contributed by atoms with Crippen LogP contribution in [-0.4, -0.2) is 18.1 Å². The molecule has 0 amide bonds. The number of rotatable bonds is 4. The van der Waals surface area contributed by atoms with Gasteiger partial charge >= 0.3 is 5.97 Å². The molecule has 0 saturated heterocycles. The molecular weight excluding hydrogens is 268 g/mol. The smallest absolute Gasteiger partial charge is 0.339 e. The first kappa shape index (κ1) is 14.5. The van der Waals surface area contributed by atoms with Crippen molar-refractivity contribution in [3.8, 4) is 11.8 Å². The number of pyridine rings is 1. The second-order valence-corrected chi connectivity index (χ2v) is 4.32. The van der Waals surface area contributed by atoms with E-state index in [1.807, 2.05) is 13.0 Å². The minimum Gasteiger partial charge on any atom is -0.487 e. The van der Waals surface area contributed by atoms with Gasteiger partial charge in [-0.1, -0.05) is 12.1 Å². The fraction of sp³-hybridized carbons (Fsp3) is 0.188. The van der Waals surface area contributed by atoms with Crippen LogP contribution in [0, 0.1) is 18.3 Å². The molecule has 0 bridgehead atoms. The number of hydrogen-bond donors (Lipinski definition) is 0. The highest BCUT2D eigenvalue weighted by molar-refractivity contribution is 5.92. The van der Waals surface area contributed by atoms with Crippen LogP contribution in [-0.2, 0) is 11.3 Å².